The van der Waals surface area contributed by atoms with Crippen molar-refractivity contribution in [3.63, 3.8) is 0 Å². The number of halogens is 3. The Morgan fingerprint density at radius 2 is 1.84 bits per heavy atom. The van der Waals surface area contributed by atoms with Crippen molar-refractivity contribution in [1.29, 1.82) is 0 Å². The summed E-state index contributed by atoms with van der Waals surface area (Å²) < 4.78 is 38.6. The number of rotatable bonds is 1. The minimum atomic E-state index is -4.10. The van der Waals surface area contributed by atoms with Crippen molar-refractivity contribution in [1.82, 2.24) is 4.90 Å². The second-order valence-corrected chi connectivity index (χ2v) is 6.03. The highest BCUT2D eigenvalue weighted by Gasteiger charge is 2.31. The lowest BCUT2D eigenvalue weighted by Crippen LogP contribution is -2.35. The highest BCUT2D eigenvalue weighted by atomic mass is 32.1. The summed E-state index contributed by atoms with van der Waals surface area (Å²) >= 11 is 1.73. The van der Waals surface area contributed by atoms with Crippen LogP contribution in [0.5, 0.6) is 0 Å². The van der Waals surface area contributed by atoms with E-state index in [2.05, 4.69) is 12.1 Å². The number of fused-ring (bicyclic) bond motifs is 3. The van der Waals surface area contributed by atoms with E-state index >= 15 is 0 Å². The van der Waals surface area contributed by atoms with Gasteiger partial charge in [-0.3, -0.25) is 4.90 Å². The Bertz CT molecular complexity index is 588. The monoisotopic (exact) mass is 285 g/mol. The van der Waals surface area contributed by atoms with Gasteiger partial charge in [0.15, 0.2) is 0 Å². The lowest BCUT2D eigenvalue weighted by atomic mass is 10.1. The van der Waals surface area contributed by atoms with Crippen LogP contribution >= 0.6 is 11.3 Å². The van der Waals surface area contributed by atoms with Crippen LogP contribution in [0, 0.1) is 0 Å². The van der Waals surface area contributed by atoms with Gasteiger partial charge in [0, 0.05) is 22.7 Å². The van der Waals surface area contributed by atoms with Crippen molar-refractivity contribution in [3.05, 3.63) is 34.7 Å². The average Bonchev–Trinajstić information content (AvgIpc) is 2.58. The topological polar surface area (TPSA) is 3.24 Å². The molecule has 102 valence electrons. The first kappa shape index (κ1) is 12.9. The average molecular weight is 285 g/mol. The summed E-state index contributed by atoms with van der Waals surface area (Å²) in [6.45, 7) is 0.201. The quantitative estimate of drug-likeness (QED) is 0.769. The van der Waals surface area contributed by atoms with Crippen LogP contribution in [0.1, 0.15) is 10.4 Å². The fourth-order valence-electron chi connectivity index (χ4n) is 2.68. The zero-order chi connectivity index (χ0) is 13.5. The SMILES string of the molecule is FC(F)(F)CN1CCc2sc3ccccc3c2CC1. The third-order valence-electron chi connectivity index (χ3n) is 3.52. The molecule has 19 heavy (non-hydrogen) atoms. The van der Waals surface area contributed by atoms with Crippen LogP contribution < -0.4 is 0 Å². The number of nitrogens with zero attached hydrogens (tertiary/aromatic N) is 1. The van der Waals surface area contributed by atoms with Gasteiger partial charge in [-0.15, -0.1) is 11.3 Å². The Morgan fingerprint density at radius 1 is 1.11 bits per heavy atom. The van der Waals surface area contributed by atoms with Crippen molar-refractivity contribution in [2.24, 2.45) is 0 Å². The molecule has 0 unspecified atom stereocenters. The number of hydrogen-bond acceptors (Lipinski definition) is 2. The first-order chi connectivity index (χ1) is 9.03. The molecule has 0 atom stereocenters. The van der Waals surface area contributed by atoms with Crippen LogP contribution in [0.4, 0.5) is 13.2 Å². The molecule has 5 heteroatoms. The first-order valence-electron chi connectivity index (χ1n) is 6.31. The van der Waals surface area contributed by atoms with Crippen LogP contribution in [-0.4, -0.2) is 30.7 Å². The van der Waals surface area contributed by atoms with E-state index in [9.17, 15) is 13.2 Å². The van der Waals surface area contributed by atoms with Crippen LogP contribution in [0.2, 0.25) is 0 Å². The Morgan fingerprint density at radius 3 is 2.63 bits per heavy atom. The van der Waals surface area contributed by atoms with Crippen molar-refractivity contribution in [2.75, 3.05) is 19.6 Å². The van der Waals surface area contributed by atoms with Crippen molar-refractivity contribution in [2.45, 2.75) is 19.0 Å². The molecule has 0 saturated heterocycles. The molecule has 0 spiro atoms. The smallest absolute Gasteiger partial charge is 0.294 e. The number of alkyl halides is 3. The molecule has 2 heterocycles. The third kappa shape index (κ3) is 2.77. The highest BCUT2D eigenvalue weighted by Crippen LogP contribution is 2.33. The molecule has 0 fully saturated rings. The van der Waals surface area contributed by atoms with Gasteiger partial charge in [-0.25, -0.2) is 0 Å². The Labute approximate surface area is 113 Å². The van der Waals surface area contributed by atoms with Crippen LogP contribution in [-0.2, 0) is 12.8 Å². The Balaban J connectivity index is 1.83. The summed E-state index contributed by atoms with van der Waals surface area (Å²) in [5.74, 6) is 0. The summed E-state index contributed by atoms with van der Waals surface area (Å²) in [6, 6.07) is 8.16. The molecule has 1 aliphatic rings. The second kappa shape index (κ2) is 4.80. The van der Waals surface area contributed by atoms with E-state index in [1.807, 2.05) is 12.1 Å². The Hall–Kier alpha value is -1.07. The van der Waals surface area contributed by atoms with Gasteiger partial charge in [0.1, 0.15) is 0 Å². The lowest BCUT2D eigenvalue weighted by Gasteiger charge is -2.21. The summed E-state index contributed by atoms with van der Waals surface area (Å²) in [7, 11) is 0. The molecule has 3 rings (SSSR count). The van der Waals surface area contributed by atoms with Crippen molar-refractivity contribution < 1.29 is 13.2 Å². The Kier molecular flexibility index (Phi) is 3.27. The molecule has 1 aromatic carbocycles. The zero-order valence-electron chi connectivity index (χ0n) is 10.3. The van der Waals surface area contributed by atoms with Crippen LogP contribution in [0.3, 0.4) is 0 Å². The van der Waals surface area contributed by atoms with Gasteiger partial charge in [-0.1, -0.05) is 18.2 Å². The number of thiophene rings is 1. The van der Waals surface area contributed by atoms with Crippen molar-refractivity contribution in [3.8, 4) is 0 Å². The minimum absolute atomic E-state index is 0.493. The molecular weight excluding hydrogens is 271 g/mol. The molecule has 2 aromatic rings. The van der Waals surface area contributed by atoms with Crippen LogP contribution in [0.25, 0.3) is 10.1 Å². The van der Waals surface area contributed by atoms with Gasteiger partial charge in [-0.2, -0.15) is 13.2 Å². The normalized spacial score (nSPS) is 17.4. The summed E-state index contributed by atoms with van der Waals surface area (Å²) in [4.78, 5) is 2.77. The molecule has 0 amide bonds. The maximum absolute atomic E-state index is 12.4. The van der Waals surface area contributed by atoms with Crippen LogP contribution in [0.15, 0.2) is 24.3 Å². The van der Waals surface area contributed by atoms with E-state index in [4.69, 9.17) is 0 Å². The fourth-order valence-corrected chi connectivity index (χ4v) is 3.92. The fraction of sp³-hybridized carbons (Fsp3) is 0.429. The van der Waals surface area contributed by atoms with Gasteiger partial charge < -0.3 is 0 Å². The van der Waals surface area contributed by atoms with Gasteiger partial charge in [0.05, 0.1) is 6.54 Å². The largest absolute Gasteiger partial charge is 0.401 e. The molecule has 1 nitrogen and oxygen atoms in total. The second-order valence-electron chi connectivity index (χ2n) is 4.89. The lowest BCUT2D eigenvalue weighted by molar-refractivity contribution is -0.145. The number of hydrogen-bond donors (Lipinski definition) is 0. The molecule has 0 radical (unpaired) electrons. The standard InChI is InChI=1S/C14H14F3NS/c15-14(16,17)9-18-7-5-11-10-3-1-2-4-12(10)19-13(11)6-8-18/h1-4H,5-9H2. The molecule has 0 saturated carbocycles. The maximum atomic E-state index is 12.4. The minimum Gasteiger partial charge on any atom is -0.294 e. The molecule has 0 N–H and O–H groups in total. The van der Waals surface area contributed by atoms with E-state index in [1.165, 1.54) is 25.4 Å². The van der Waals surface area contributed by atoms with Gasteiger partial charge >= 0.3 is 6.18 Å². The zero-order valence-corrected chi connectivity index (χ0v) is 11.2. The maximum Gasteiger partial charge on any atom is 0.401 e. The van der Waals surface area contributed by atoms with E-state index in [0.29, 0.717) is 13.1 Å². The first-order valence-corrected chi connectivity index (χ1v) is 7.13. The third-order valence-corrected chi connectivity index (χ3v) is 4.79. The number of benzene rings is 1. The molecular formula is C14H14F3NS. The van der Waals surface area contributed by atoms with Gasteiger partial charge in [0.25, 0.3) is 0 Å². The summed E-state index contributed by atoms with van der Waals surface area (Å²) in [5, 5.41) is 1.22. The van der Waals surface area contributed by atoms with Gasteiger partial charge in [-0.05, 0) is 29.9 Å². The molecule has 1 aliphatic heterocycles. The predicted molar refractivity (Wildman–Crippen MR) is 71.7 cm³/mol. The summed E-state index contributed by atoms with van der Waals surface area (Å²) in [5.41, 5.74) is 1.25. The molecule has 0 bridgehead atoms. The van der Waals surface area contributed by atoms with E-state index in [-0.39, 0.29) is 0 Å². The predicted octanol–water partition coefficient (Wildman–Crippen LogP) is 3.86. The van der Waals surface area contributed by atoms with E-state index in [1.54, 1.807) is 11.3 Å². The molecule has 1 aromatic heterocycles. The van der Waals surface area contributed by atoms with Gasteiger partial charge in [0.2, 0.25) is 0 Å². The van der Waals surface area contributed by atoms with Crippen molar-refractivity contribution >= 4 is 21.4 Å². The van der Waals surface area contributed by atoms with E-state index < -0.39 is 12.7 Å². The van der Waals surface area contributed by atoms with E-state index in [0.717, 1.165) is 12.8 Å². The summed E-state index contributed by atoms with van der Waals surface area (Å²) in [6.07, 6.45) is -2.65. The highest BCUT2D eigenvalue weighted by molar-refractivity contribution is 7.19. The molecule has 0 aliphatic carbocycles.